The zero-order chi connectivity index (χ0) is 20.9. The monoisotopic (exact) mass is 400 g/mol. The summed E-state index contributed by atoms with van der Waals surface area (Å²) in [7, 11) is 0. The highest BCUT2D eigenvalue weighted by molar-refractivity contribution is 5.63. The summed E-state index contributed by atoms with van der Waals surface area (Å²) in [5, 5.41) is 0. The van der Waals surface area contributed by atoms with Gasteiger partial charge in [-0.1, -0.05) is 56.3 Å². The minimum Gasteiger partial charge on any atom is -0.491 e. The van der Waals surface area contributed by atoms with Gasteiger partial charge in [-0.05, 0) is 49.9 Å². The standard InChI is InChI=1S/C25H36O4/c1-5-24(28-18-16-26-20(3)4)25(6-2)29-19-17-27-23-14-12-22(13-15-23)21-10-8-7-9-11-21/h7-15,20,24-25H,5-6,16-19H2,1-4H3. The highest BCUT2D eigenvalue weighted by Crippen LogP contribution is 2.22. The van der Waals surface area contributed by atoms with E-state index in [4.69, 9.17) is 18.9 Å². The maximum atomic E-state index is 6.05. The molecule has 2 rings (SSSR count). The van der Waals surface area contributed by atoms with E-state index in [1.54, 1.807) is 0 Å². The average molecular weight is 401 g/mol. The molecule has 0 aliphatic rings. The fourth-order valence-corrected chi connectivity index (χ4v) is 3.19. The smallest absolute Gasteiger partial charge is 0.119 e. The Kier molecular flexibility index (Phi) is 10.8. The Balaban J connectivity index is 1.71. The van der Waals surface area contributed by atoms with Crippen LogP contribution in [0.2, 0.25) is 0 Å². The van der Waals surface area contributed by atoms with Crippen molar-refractivity contribution in [2.45, 2.75) is 58.8 Å². The van der Waals surface area contributed by atoms with E-state index in [0.717, 1.165) is 18.6 Å². The summed E-state index contributed by atoms with van der Waals surface area (Å²) >= 11 is 0. The topological polar surface area (TPSA) is 36.9 Å². The quantitative estimate of drug-likeness (QED) is 0.379. The van der Waals surface area contributed by atoms with Crippen LogP contribution < -0.4 is 4.74 Å². The maximum absolute atomic E-state index is 6.05. The zero-order valence-electron chi connectivity index (χ0n) is 18.3. The molecule has 2 aromatic rings. The summed E-state index contributed by atoms with van der Waals surface area (Å²) in [6.45, 7) is 10.6. The van der Waals surface area contributed by atoms with Gasteiger partial charge in [0.2, 0.25) is 0 Å². The second-order valence-corrected chi connectivity index (χ2v) is 7.29. The van der Waals surface area contributed by atoms with Crippen LogP contribution in [0.25, 0.3) is 11.1 Å². The first kappa shape index (κ1) is 23.4. The van der Waals surface area contributed by atoms with Crippen molar-refractivity contribution < 1.29 is 18.9 Å². The first-order chi connectivity index (χ1) is 14.1. The lowest BCUT2D eigenvalue weighted by atomic mass is 10.1. The molecule has 2 atom stereocenters. The molecule has 0 aliphatic carbocycles. The maximum Gasteiger partial charge on any atom is 0.119 e. The summed E-state index contributed by atoms with van der Waals surface area (Å²) in [4.78, 5) is 0. The summed E-state index contributed by atoms with van der Waals surface area (Å²) in [6.07, 6.45) is 2.22. The normalized spacial score (nSPS) is 13.4. The minimum atomic E-state index is 0.0723. The molecule has 4 heteroatoms. The first-order valence-electron chi connectivity index (χ1n) is 10.8. The predicted octanol–water partition coefficient (Wildman–Crippen LogP) is 5.75. The van der Waals surface area contributed by atoms with E-state index in [2.05, 4.69) is 38.1 Å². The van der Waals surface area contributed by atoms with E-state index < -0.39 is 0 Å². The Morgan fingerprint density at radius 3 is 1.69 bits per heavy atom. The third kappa shape index (κ3) is 8.57. The summed E-state index contributed by atoms with van der Waals surface area (Å²) < 4.78 is 23.4. The third-order valence-corrected chi connectivity index (χ3v) is 4.73. The van der Waals surface area contributed by atoms with Crippen molar-refractivity contribution in [1.82, 2.24) is 0 Å². The van der Waals surface area contributed by atoms with Gasteiger partial charge >= 0.3 is 0 Å². The number of hydrogen-bond acceptors (Lipinski definition) is 4. The third-order valence-electron chi connectivity index (χ3n) is 4.73. The molecule has 0 fully saturated rings. The van der Waals surface area contributed by atoms with Crippen LogP contribution in [0.4, 0.5) is 0 Å². The molecule has 0 saturated heterocycles. The van der Waals surface area contributed by atoms with Crippen molar-refractivity contribution >= 4 is 0 Å². The SMILES string of the molecule is CCC(OCCOc1ccc(-c2ccccc2)cc1)C(CC)OCCOC(C)C. The van der Waals surface area contributed by atoms with Crippen molar-refractivity contribution in [2.24, 2.45) is 0 Å². The Morgan fingerprint density at radius 1 is 0.621 bits per heavy atom. The summed E-state index contributed by atoms with van der Waals surface area (Å²) in [5.41, 5.74) is 2.39. The van der Waals surface area contributed by atoms with Crippen LogP contribution in [-0.4, -0.2) is 44.7 Å². The van der Waals surface area contributed by atoms with Gasteiger partial charge in [0, 0.05) is 0 Å². The average Bonchev–Trinajstić information content (AvgIpc) is 2.75. The van der Waals surface area contributed by atoms with Gasteiger partial charge in [-0.25, -0.2) is 0 Å². The van der Waals surface area contributed by atoms with Crippen molar-refractivity contribution in [3.8, 4) is 16.9 Å². The fraction of sp³-hybridized carbons (Fsp3) is 0.520. The molecule has 29 heavy (non-hydrogen) atoms. The molecule has 0 aliphatic heterocycles. The molecule has 0 heterocycles. The Labute approximate surface area is 176 Å². The number of benzene rings is 2. The van der Waals surface area contributed by atoms with E-state index in [9.17, 15) is 0 Å². The van der Waals surface area contributed by atoms with E-state index in [0.29, 0.717) is 26.4 Å². The van der Waals surface area contributed by atoms with Crippen LogP contribution in [-0.2, 0) is 14.2 Å². The number of ether oxygens (including phenoxy) is 4. The van der Waals surface area contributed by atoms with Crippen molar-refractivity contribution in [3.63, 3.8) is 0 Å². The van der Waals surface area contributed by atoms with E-state index >= 15 is 0 Å². The van der Waals surface area contributed by atoms with Gasteiger partial charge in [-0.15, -0.1) is 0 Å². The van der Waals surface area contributed by atoms with Crippen LogP contribution in [0.15, 0.2) is 54.6 Å². The van der Waals surface area contributed by atoms with Crippen LogP contribution in [0.1, 0.15) is 40.5 Å². The second-order valence-electron chi connectivity index (χ2n) is 7.29. The van der Waals surface area contributed by atoms with Crippen molar-refractivity contribution in [2.75, 3.05) is 26.4 Å². The zero-order valence-corrected chi connectivity index (χ0v) is 18.3. The molecule has 0 aromatic heterocycles. The lowest BCUT2D eigenvalue weighted by Crippen LogP contribution is -2.33. The van der Waals surface area contributed by atoms with Crippen molar-refractivity contribution in [3.05, 3.63) is 54.6 Å². The Bertz CT molecular complexity index is 654. The van der Waals surface area contributed by atoms with Gasteiger partial charge in [-0.3, -0.25) is 0 Å². The van der Waals surface area contributed by atoms with Gasteiger partial charge in [0.15, 0.2) is 0 Å². The molecule has 160 valence electrons. The Hall–Kier alpha value is -1.88. The van der Waals surface area contributed by atoms with E-state index in [-0.39, 0.29) is 18.3 Å². The molecule has 2 unspecified atom stereocenters. The molecule has 0 bridgehead atoms. The van der Waals surface area contributed by atoms with Gasteiger partial charge < -0.3 is 18.9 Å². The van der Waals surface area contributed by atoms with E-state index in [1.165, 1.54) is 11.1 Å². The molecule has 4 nitrogen and oxygen atoms in total. The number of hydrogen-bond donors (Lipinski definition) is 0. The first-order valence-corrected chi connectivity index (χ1v) is 10.8. The molecular formula is C25H36O4. The molecule has 0 amide bonds. The van der Waals surface area contributed by atoms with Crippen LogP contribution in [0, 0.1) is 0 Å². The predicted molar refractivity (Wildman–Crippen MR) is 119 cm³/mol. The van der Waals surface area contributed by atoms with Gasteiger partial charge in [0.05, 0.1) is 38.1 Å². The summed E-state index contributed by atoms with van der Waals surface area (Å²) in [5.74, 6) is 0.857. The van der Waals surface area contributed by atoms with Gasteiger partial charge in [0.1, 0.15) is 12.4 Å². The van der Waals surface area contributed by atoms with Crippen LogP contribution in [0.3, 0.4) is 0 Å². The molecule has 0 spiro atoms. The van der Waals surface area contributed by atoms with Gasteiger partial charge in [0.25, 0.3) is 0 Å². The molecule has 0 saturated carbocycles. The van der Waals surface area contributed by atoms with Gasteiger partial charge in [-0.2, -0.15) is 0 Å². The molecule has 0 radical (unpaired) electrons. The molecular weight excluding hydrogens is 364 g/mol. The van der Waals surface area contributed by atoms with Crippen LogP contribution >= 0.6 is 0 Å². The number of rotatable bonds is 14. The van der Waals surface area contributed by atoms with E-state index in [1.807, 2.05) is 44.2 Å². The highest BCUT2D eigenvalue weighted by atomic mass is 16.6. The van der Waals surface area contributed by atoms with Crippen LogP contribution in [0.5, 0.6) is 5.75 Å². The lowest BCUT2D eigenvalue weighted by Gasteiger charge is -2.26. The minimum absolute atomic E-state index is 0.0723. The molecule has 2 aromatic carbocycles. The Morgan fingerprint density at radius 2 is 1.14 bits per heavy atom. The second kappa shape index (κ2) is 13.4. The fourth-order valence-electron chi connectivity index (χ4n) is 3.19. The summed E-state index contributed by atoms with van der Waals surface area (Å²) in [6, 6.07) is 18.5. The highest BCUT2D eigenvalue weighted by Gasteiger charge is 2.19. The molecule has 0 N–H and O–H groups in total. The lowest BCUT2D eigenvalue weighted by molar-refractivity contribution is -0.0937. The largest absolute Gasteiger partial charge is 0.491 e. The van der Waals surface area contributed by atoms with Crippen molar-refractivity contribution in [1.29, 1.82) is 0 Å².